The summed E-state index contributed by atoms with van der Waals surface area (Å²) in [5.74, 6) is -4.10. The van der Waals surface area contributed by atoms with Crippen molar-refractivity contribution >= 4 is 22.8 Å². The van der Waals surface area contributed by atoms with Crippen molar-refractivity contribution in [3.05, 3.63) is 99.3 Å². The van der Waals surface area contributed by atoms with E-state index < -0.39 is 57.4 Å². The number of halogens is 4. The van der Waals surface area contributed by atoms with E-state index in [2.05, 4.69) is 10.3 Å². The number of carbonyl (C=O) groups excluding carboxylic acids is 1. The number of fused-ring (bicyclic) bond motifs is 1. The summed E-state index contributed by atoms with van der Waals surface area (Å²) in [6, 6.07) is 9.09. The molecule has 11 heteroatoms. The van der Waals surface area contributed by atoms with E-state index in [0.717, 1.165) is 35.0 Å². The van der Waals surface area contributed by atoms with E-state index in [1.165, 1.54) is 26.0 Å². The predicted molar refractivity (Wildman–Crippen MR) is 137 cm³/mol. The zero-order chi connectivity index (χ0) is 28.1. The minimum absolute atomic E-state index is 0.000330. The molecule has 7 nitrogen and oxygen atoms in total. The van der Waals surface area contributed by atoms with Crippen molar-refractivity contribution in [2.75, 3.05) is 18.0 Å². The fourth-order valence-corrected chi connectivity index (χ4v) is 4.85. The number of aromatic nitrogens is 2. The van der Waals surface area contributed by atoms with E-state index in [1.54, 1.807) is 11.0 Å². The lowest BCUT2D eigenvalue weighted by atomic mass is 9.92. The topological polar surface area (TPSA) is 87.5 Å². The van der Waals surface area contributed by atoms with Crippen LogP contribution in [0, 0.1) is 23.3 Å². The van der Waals surface area contributed by atoms with Crippen LogP contribution >= 0.6 is 0 Å². The molecule has 4 aromatic rings. The van der Waals surface area contributed by atoms with Crippen molar-refractivity contribution in [1.82, 2.24) is 14.9 Å². The maximum absolute atomic E-state index is 14.9. The first-order chi connectivity index (χ1) is 18.5. The lowest BCUT2D eigenvalue weighted by Crippen LogP contribution is -2.44. The minimum Gasteiger partial charge on any atom is -0.391 e. The number of amides is 1. The van der Waals surface area contributed by atoms with Gasteiger partial charge in [0.05, 0.1) is 22.7 Å². The molecule has 2 aromatic heterocycles. The van der Waals surface area contributed by atoms with E-state index >= 15 is 0 Å². The van der Waals surface area contributed by atoms with Gasteiger partial charge in [-0.15, -0.1) is 0 Å². The molecule has 1 atom stereocenters. The summed E-state index contributed by atoms with van der Waals surface area (Å²) in [4.78, 5) is 33.2. The summed E-state index contributed by atoms with van der Waals surface area (Å²) in [5, 5.41) is 12.4. The van der Waals surface area contributed by atoms with Crippen molar-refractivity contribution in [1.29, 1.82) is 0 Å². The van der Waals surface area contributed by atoms with Crippen LogP contribution in [0.4, 0.5) is 23.4 Å². The number of aliphatic hydroxyl groups excluding tert-OH is 1. The van der Waals surface area contributed by atoms with Crippen LogP contribution in [0.5, 0.6) is 0 Å². The molecule has 0 saturated carbocycles. The van der Waals surface area contributed by atoms with Gasteiger partial charge in [-0.1, -0.05) is 6.07 Å². The molecule has 2 N–H and O–H groups in total. The maximum Gasteiger partial charge on any atom is 0.257 e. The van der Waals surface area contributed by atoms with E-state index in [9.17, 15) is 32.3 Å². The van der Waals surface area contributed by atoms with Crippen LogP contribution in [0.1, 0.15) is 36.2 Å². The van der Waals surface area contributed by atoms with E-state index in [-0.39, 0.29) is 16.7 Å². The number of anilines is 1. The highest BCUT2D eigenvalue weighted by Crippen LogP contribution is 2.28. The third-order valence-corrected chi connectivity index (χ3v) is 6.75. The van der Waals surface area contributed by atoms with Crippen LogP contribution in [0.15, 0.2) is 59.5 Å². The molecule has 1 amide bonds. The van der Waals surface area contributed by atoms with Gasteiger partial charge in [-0.05, 0) is 56.7 Å². The Balaban J connectivity index is 1.66. The van der Waals surface area contributed by atoms with Crippen molar-refractivity contribution in [2.24, 2.45) is 0 Å². The van der Waals surface area contributed by atoms with Crippen LogP contribution in [0.3, 0.4) is 0 Å². The number of benzene rings is 2. The Bertz CT molecular complexity index is 1650. The minimum atomic E-state index is -1.57. The van der Waals surface area contributed by atoms with Crippen molar-refractivity contribution in [3.63, 3.8) is 0 Å². The zero-order valence-electron chi connectivity index (χ0n) is 21.0. The molecule has 1 fully saturated rings. The predicted octanol–water partition coefficient (Wildman–Crippen LogP) is 4.18. The molecule has 202 valence electrons. The summed E-state index contributed by atoms with van der Waals surface area (Å²) in [5.41, 5.74) is -3.34. The Kier molecular flexibility index (Phi) is 6.63. The first-order valence-corrected chi connectivity index (χ1v) is 12.2. The van der Waals surface area contributed by atoms with E-state index in [4.69, 9.17) is 0 Å². The van der Waals surface area contributed by atoms with Gasteiger partial charge < -0.3 is 15.3 Å². The Morgan fingerprint density at radius 1 is 1.05 bits per heavy atom. The number of carbonyl (C=O) groups is 1. The third kappa shape index (κ3) is 4.85. The largest absolute Gasteiger partial charge is 0.391 e. The first-order valence-electron chi connectivity index (χ1n) is 12.2. The molecular formula is C28H24F4N4O3. The maximum atomic E-state index is 14.9. The lowest BCUT2D eigenvalue weighted by Gasteiger charge is -2.28. The quantitative estimate of drug-likeness (QED) is 0.371. The van der Waals surface area contributed by atoms with Gasteiger partial charge in [-0.25, -0.2) is 22.5 Å². The molecule has 0 spiro atoms. The number of nitrogens with zero attached hydrogens (tertiary/aromatic N) is 3. The summed E-state index contributed by atoms with van der Waals surface area (Å²) in [6.07, 6.45) is 1.05. The average Bonchev–Trinajstić information content (AvgIpc) is 3.30. The van der Waals surface area contributed by atoms with Gasteiger partial charge in [-0.2, -0.15) is 0 Å². The molecule has 2 aromatic carbocycles. The van der Waals surface area contributed by atoms with Crippen LogP contribution < -0.4 is 15.6 Å². The number of nitrogens with one attached hydrogen (secondary N) is 1. The summed E-state index contributed by atoms with van der Waals surface area (Å²) < 4.78 is 58.8. The second kappa shape index (κ2) is 9.81. The highest BCUT2D eigenvalue weighted by Gasteiger charge is 2.31. The van der Waals surface area contributed by atoms with Gasteiger partial charge in [0.25, 0.3) is 5.91 Å². The number of aliphatic hydroxyl groups is 1. The zero-order valence-corrected chi connectivity index (χ0v) is 21.0. The molecule has 1 unspecified atom stereocenters. The molecule has 0 bridgehead atoms. The molecule has 39 heavy (non-hydrogen) atoms. The van der Waals surface area contributed by atoms with Gasteiger partial charge in [0.15, 0.2) is 5.65 Å². The summed E-state index contributed by atoms with van der Waals surface area (Å²) in [6.45, 7) is 3.58. The second-order valence-corrected chi connectivity index (χ2v) is 9.94. The number of pyridine rings is 2. The number of β-amino-alcohol motifs (C(OH)–C–C–N with tert-alkyl or cyclic N) is 1. The van der Waals surface area contributed by atoms with Gasteiger partial charge in [0, 0.05) is 30.9 Å². The van der Waals surface area contributed by atoms with Crippen molar-refractivity contribution in [2.45, 2.75) is 31.9 Å². The van der Waals surface area contributed by atoms with Crippen LogP contribution in [-0.4, -0.2) is 39.8 Å². The molecule has 5 rings (SSSR count). The molecule has 1 aliphatic heterocycles. The van der Waals surface area contributed by atoms with Gasteiger partial charge >= 0.3 is 0 Å². The summed E-state index contributed by atoms with van der Waals surface area (Å²) in [7, 11) is 0. The summed E-state index contributed by atoms with van der Waals surface area (Å²) >= 11 is 0. The van der Waals surface area contributed by atoms with Crippen molar-refractivity contribution in [3.8, 4) is 5.69 Å². The fourth-order valence-electron chi connectivity index (χ4n) is 4.85. The average molecular weight is 541 g/mol. The molecule has 1 aliphatic rings. The molecule has 0 aliphatic carbocycles. The first kappa shape index (κ1) is 26.4. The Labute approximate surface area is 220 Å². The number of hydrogen-bond acceptors (Lipinski definition) is 5. The number of hydrogen-bond donors (Lipinski definition) is 2. The SMILES string of the molecule is CC(C)(NC(=O)c1cn(-c2ccc(F)cc2F)c2nc(N3CCC(O)C3)ccc2c1=O)c1c(F)cccc1F. The molecule has 3 heterocycles. The van der Waals surface area contributed by atoms with Gasteiger partial charge in [0.1, 0.15) is 34.7 Å². The van der Waals surface area contributed by atoms with E-state index in [1.807, 2.05) is 0 Å². The third-order valence-electron chi connectivity index (χ3n) is 6.75. The second-order valence-electron chi connectivity index (χ2n) is 9.94. The monoisotopic (exact) mass is 540 g/mol. The van der Waals surface area contributed by atoms with Crippen LogP contribution in [-0.2, 0) is 5.54 Å². The van der Waals surface area contributed by atoms with E-state index in [0.29, 0.717) is 31.4 Å². The van der Waals surface area contributed by atoms with Gasteiger partial charge in [-0.3, -0.25) is 14.2 Å². The van der Waals surface area contributed by atoms with Gasteiger partial charge in [0.2, 0.25) is 5.43 Å². The Morgan fingerprint density at radius 3 is 2.41 bits per heavy atom. The lowest BCUT2D eigenvalue weighted by molar-refractivity contribution is 0.0908. The normalized spacial score (nSPS) is 15.7. The van der Waals surface area contributed by atoms with Crippen LogP contribution in [0.25, 0.3) is 16.7 Å². The van der Waals surface area contributed by atoms with Crippen LogP contribution in [0.2, 0.25) is 0 Å². The highest BCUT2D eigenvalue weighted by atomic mass is 19.1. The Hall–Kier alpha value is -4.25. The molecular weight excluding hydrogens is 516 g/mol. The Morgan fingerprint density at radius 2 is 1.77 bits per heavy atom. The molecule has 1 saturated heterocycles. The van der Waals surface area contributed by atoms with Crippen molar-refractivity contribution < 1.29 is 27.5 Å². The number of rotatable bonds is 5. The molecule has 0 radical (unpaired) electrons. The smallest absolute Gasteiger partial charge is 0.257 e. The highest BCUT2D eigenvalue weighted by molar-refractivity contribution is 5.97. The fraction of sp³-hybridized carbons (Fsp3) is 0.250. The standard InChI is InChI=1S/C28H24F4N4O3/c1-28(2,24-19(30)4-3-5-20(24)31)34-27(39)18-14-36(22-8-6-15(29)12-21(22)32)26-17(25(18)38)7-9-23(33-26)35-11-10-16(37)13-35/h3-9,12,14,16,37H,10-11,13H2,1-2H3,(H,34,39).